The average molecular weight is 492 g/mol. The second-order valence-electron chi connectivity index (χ2n) is 8.68. The predicted molar refractivity (Wildman–Crippen MR) is 139 cm³/mol. The lowest BCUT2D eigenvalue weighted by Gasteiger charge is -2.25. The maximum atomic E-state index is 13.4. The summed E-state index contributed by atoms with van der Waals surface area (Å²) in [6.45, 7) is 9.63. The van der Waals surface area contributed by atoms with Gasteiger partial charge in [0.25, 0.3) is 0 Å². The normalized spacial score (nSPS) is 11.8. The van der Waals surface area contributed by atoms with Gasteiger partial charge in [0.1, 0.15) is 12.4 Å². The molecule has 0 saturated heterocycles. The second kappa shape index (κ2) is 13.0. The molecule has 0 radical (unpaired) electrons. The number of benzene rings is 2. The van der Waals surface area contributed by atoms with Crippen LogP contribution in [0.3, 0.4) is 0 Å². The van der Waals surface area contributed by atoms with Gasteiger partial charge in [-0.1, -0.05) is 62.9 Å². The van der Waals surface area contributed by atoms with Gasteiger partial charge in [0.2, 0.25) is 5.91 Å². The van der Waals surface area contributed by atoms with Crippen LogP contribution >= 0.6 is 11.8 Å². The molecule has 7 nitrogen and oxygen atoms in total. The molecule has 2 aromatic carbocycles. The van der Waals surface area contributed by atoms with Crippen LogP contribution in [0.1, 0.15) is 45.5 Å². The van der Waals surface area contributed by atoms with E-state index in [4.69, 9.17) is 10.00 Å². The molecule has 3 aromatic rings. The van der Waals surface area contributed by atoms with Crippen LogP contribution in [0.5, 0.6) is 5.75 Å². The minimum absolute atomic E-state index is 0.0654. The smallest absolute Gasteiger partial charge is 0.240 e. The summed E-state index contributed by atoms with van der Waals surface area (Å²) >= 11 is 1.38. The van der Waals surface area contributed by atoms with E-state index in [9.17, 15) is 4.79 Å². The van der Waals surface area contributed by atoms with Gasteiger partial charge in [0, 0.05) is 18.8 Å². The first-order valence-electron chi connectivity index (χ1n) is 12.0. The van der Waals surface area contributed by atoms with Gasteiger partial charge >= 0.3 is 0 Å². The fourth-order valence-corrected chi connectivity index (χ4v) is 4.53. The number of para-hydroxylation sites is 1. The number of thioether (sulfide) groups is 1. The highest BCUT2D eigenvalue weighted by molar-refractivity contribution is 8.00. The fourth-order valence-electron chi connectivity index (χ4n) is 3.59. The third-order valence-electron chi connectivity index (χ3n) is 5.45. The number of aryl methyl sites for hydroxylation is 1. The zero-order valence-corrected chi connectivity index (χ0v) is 21.7. The molecule has 0 aliphatic carbocycles. The molecular weight excluding hydrogens is 458 g/mol. The van der Waals surface area contributed by atoms with E-state index in [1.54, 1.807) is 4.90 Å². The van der Waals surface area contributed by atoms with E-state index in [1.165, 1.54) is 17.3 Å². The number of anilines is 1. The topological polar surface area (TPSA) is 84.0 Å². The van der Waals surface area contributed by atoms with Crippen LogP contribution in [-0.4, -0.2) is 32.5 Å². The van der Waals surface area contributed by atoms with Gasteiger partial charge in [0.05, 0.1) is 17.7 Å². The number of ether oxygens (including phenoxy) is 1. The lowest BCUT2D eigenvalue weighted by molar-refractivity contribution is -0.117. The van der Waals surface area contributed by atoms with Crippen molar-refractivity contribution < 1.29 is 9.53 Å². The molecule has 0 aliphatic heterocycles. The minimum atomic E-state index is -0.403. The van der Waals surface area contributed by atoms with Gasteiger partial charge in [-0.15, -0.1) is 10.2 Å². The Bertz CT molecular complexity index is 1120. The van der Waals surface area contributed by atoms with Gasteiger partial charge in [-0.2, -0.15) is 5.26 Å². The third kappa shape index (κ3) is 7.33. The van der Waals surface area contributed by atoms with Gasteiger partial charge in [-0.25, -0.2) is 0 Å². The third-order valence-corrected chi connectivity index (χ3v) is 6.52. The minimum Gasteiger partial charge on any atom is -0.486 e. The monoisotopic (exact) mass is 491 g/mol. The van der Waals surface area contributed by atoms with Crippen molar-refractivity contribution in [3.63, 3.8) is 0 Å². The molecule has 0 fully saturated rings. The van der Waals surface area contributed by atoms with Crippen LogP contribution in [-0.2, 0) is 24.4 Å². The Morgan fingerprint density at radius 3 is 2.46 bits per heavy atom. The Kier molecular flexibility index (Phi) is 9.74. The van der Waals surface area contributed by atoms with Crippen molar-refractivity contribution >= 4 is 23.4 Å². The number of rotatable bonds is 12. The molecule has 0 spiro atoms. The Balaban J connectivity index is 1.75. The largest absolute Gasteiger partial charge is 0.486 e. The van der Waals surface area contributed by atoms with E-state index < -0.39 is 5.25 Å². The number of hydrogen-bond acceptors (Lipinski definition) is 6. The van der Waals surface area contributed by atoms with Crippen molar-refractivity contribution in [1.29, 1.82) is 5.26 Å². The summed E-state index contributed by atoms with van der Waals surface area (Å²) in [6.07, 6.45) is 1.25. The van der Waals surface area contributed by atoms with Crippen molar-refractivity contribution in [2.75, 3.05) is 11.4 Å². The maximum absolute atomic E-state index is 13.4. The van der Waals surface area contributed by atoms with Crippen LogP contribution in [0.15, 0.2) is 59.8 Å². The highest BCUT2D eigenvalue weighted by atomic mass is 32.2. The fraction of sp³-hybridized carbons (Fsp3) is 0.407. The Morgan fingerprint density at radius 2 is 1.83 bits per heavy atom. The number of nitrogens with zero attached hydrogens (tertiary/aromatic N) is 5. The van der Waals surface area contributed by atoms with Crippen LogP contribution < -0.4 is 9.64 Å². The molecule has 184 valence electrons. The van der Waals surface area contributed by atoms with Crippen molar-refractivity contribution in [3.8, 4) is 11.8 Å². The number of aromatic nitrogens is 3. The van der Waals surface area contributed by atoms with E-state index in [1.807, 2.05) is 54.0 Å². The standard InChI is InChI=1S/C27H33N5O2S/c1-5-22-12-14-24(15-13-22)34-19-25-29-30-27(32(25)18-20(2)3)35-21(4)26(33)31(17-9-16-28)23-10-7-6-8-11-23/h6-8,10-15,20-21H,5,9,17-19H2,1-4H3. The molecule has 1 heterocycles. The molecule has 0 bridgehead atoms. The van der Waals surface area contributed by atoms with Gasteiger partial charge < -0.3 is 14.2 Å². The van der Waals surface area contributed by atoms with Crippen LogP contribution in [0.4, 0.5) is 5.69 Å². The molecule has 1 aromatic heterocycles. The van der Waals surface area contributed by atoms with Crippen LogP contribution in [0.25, 0.3) is 0 Å². The molecule has 1 atom stereocenters. The highest BCUT2D eigenvalue weighted by Gasteiger charge is 2.25. The summed E-state index contributed by atoms with van der Waals surface area (Å²) < 4.78 is 8.02. The van der Waals surface area contributed by atoms with Crippen molar-refractivity contribution in [3.05, 3.63) is 66.0 Å². The molecule has 0 saturated carbocycles. The van der Waals surface area contributed by atoms with Crippen molar-refractivity contribution in [1.82, 2.24) is 14.8 Å². The summed E-state index contributed by atoms with van der Waals surface area (Å²) in [5, 5.41) is 18.1. The van der Waals surface area contributed by atoms with Crippen LogP contribution in [0, 0.1) is 17.2 Å². The average Bonchev–Trinajstić information content (AvgIpc) is 3.23. The summed E-state index contributed by atoms with van der Waals surface area (Å²) in [5.74, 6) is 1.82. The van der Waals surface area contributed by atoms with Crippen molar-refractivity contribution in [2.45, 2.75) is 64.1 Å². The number of amides is 1. The quantitative estimate of drug-likeness (QED) is 0.311. The van der Waals surface area contributed by atoms with Crippen molar-refractivity contribution in [2.24, 2.45) is 5.92 Å². The molecule has 8 heteroatoms. The first-order valence-corrected chi connectivity index (χ1v) is 12.8. The lowest BCUT2D eigenvalue weighted by atomic mass is 10.2. The summed E-state index contributed by atoms with van der Waals surface area (Å²) in [6, 6.07) is 19.7. The van der Waals surface area contributed by atoms with Gasteiger partial charge in [-0.05, 0) is 49.1 Å². The lowest BCUT2D eigenvalue weighted by Crippen LogP contribution is -2.37. The van der Waals surface area contributed by atoms with E-state index in [0.29, 0.717) is 24.2 Å². The second-order valence-corrected chi connectivity index (χ2v) is 9.99. The SMILES string of the molecule is CCc1ccc(OCc2nnc(SC(C)C(=O)N(CCC#N)c3ccccc3)n2CC(C)C)cc1. The molecule has 0 aliphatic rings. The number of nitriles is 1. The molecule has 3 rings (SSSR count). The molecular formula is C27H33N5O2S. The van der Waals surface area contributed by atoms with E-state index in [2.05, 4.69) is 49.2 Å². The van der Waals surface area contributed by atoms with E-state index in [-0.39, 0.29) is 12.3 Å². The van der Waals surface area contributed by atoms with Crippen LogP contribution in [0.2, 0.25) is 0 Å². The summed E-state index contributed by atoms with van der Waals surface area (Å²) in [5.41, 5.74) is 2.05. The van der Waals surface area contributed by atoms with Gasteiger partial charge in [0.15, 0.2) is 11.0 Å². The van der Waals surface area contributed by atoms with Gasteiger partial charge in [-0.3, -0.25) is 4.79 Å². The Hall–Kier alpha value is -3.31. The zero-order chi connectivity index (χ0) is 25.2. The van der Waals surface area contributed by atoms with E-state index in [0.717, 1.165) is 30.2 Å². The highest BCUT2D eigenvalue weighted by Crippen LogP contribution is 2.27. The maximum Gasteiger partial charge on any atom is 0.240 e. The number of hydrogen-bond donors (Lipinski definition) is 0. The molecule has 1 amide bonds. The Labute approximate surface area is 212 Å². The first kappa shape index (κ1) is 26.3. The first-order chi connectivity index (χ1) is 16.9. The van der Waals surface area contributed by atoms with E-state index >= 15 is 0 Å². The molecule has 35 heavy (non-hydrogen) atoms. The molecule has 0 N–H and O–H groups in total. The number of carbonyl (C=O) groups is 1. The predicted octanol–water partition coefficient (Wildman–Crippen LogP) is 5.50. The Morgan fingerprint density at radius 1 is 1.11 bits per heavy atom. The summed E-state index contributed by atoms with van der Waals surface area (Å²) in [4.78, 5) is 15.0. The zero-order valence-electron chi connectivity index (χ0n) is 20.8. The number of carbonyl (C=O) groups excluding carboxylic acids is 1. The molecule has 1 unspecified atom stereocenters. The summed E-state index contributed by atoms with van der Waals surface area (Å²) in [7, 11) is 0.